The molecule has 1 aromatic rings. The number of carbonyl (C=O) groups is 2. The Morgan fingerprint density at radius 3 is 2.64 bits per heavy atom. The molecule has 1 aliphatic heterocycles. The van der Waals surface area contributed by atoms with Crippen LogP contribution in [0, 0.1) is 19.8 Å². The van der Waals surface area contributed by atoms with Crippen molar-refractivity contribution in [1.29, 1.82) is 0 Å². The molecule has 0 N–H and O–H groups in total. The largest absolute Gasteiger partial charge is 0.457 e. The molecule has 140 valence electrons. The minimum absolute atomic E-state index is 0.0245. The fraction of sp³-hybridized carbons (Fsp3) is 0.647. The van der Waals surface area contributed by atoms with E-state index >= 15 is 0 Å². The smallest absolute Gasteiger partial charge is 0.306 e. The number of methoxy groups -OCH3 is 1. The molecule has 1 aliphatic rings. The molecule has 0 aliphatic carbocycles. The molecule has 0 bridgehead atoms. The number of sulfone groups is 1. The van der Waals surface area contributed by atoms with E-state index in [-0.39, 0.29) is 36.2 Å². The van der Waals surface area contributed by atoms with Gasteiger partial charge in [0, 0.05) is 37.0 Å². The number of rotatable bonds is 8. The molecule has 0 saturated carbocycles. The van der Waals surface area contributed by atoms with Gasteiger partial charge in [-0.15, -0.1) is 0 Å². The van der Waals surface area contributed by atoms with E-state index in [1.807, 2.05) is 18.4 Å². The second-order valence-electron chi connectivity index (χ2n) is 6.49. The summed E-state index contributed by atoms with van der Waals surface area (Å²) < 4.78 is 34.9. The first-order valence-electron chi connectivity index (χ1n) is 8.28. The standard InChI is InChI=1S/C17H25NO6S/c1-12-8-15(13(2)18(12)5-6-23-3)16(19)10-24-17(20)9-14-4-7-25(21,22)11-14/h8,14H,4-7,9-11H2,1-3H3. The molecular weight excluding hydrogens is 346 g/mol. The van der Waals surface area contributed by atoms with Crippen LogP contribution >= 0.6 is 0 Å². The third-order valence-corrected chi connectivity index (χ3v) is 6.38. The van der Waals surface area contributed by atoms with E-state index in [0.29, 0.717) is 25.1 Å². The van der Waals surface area contributed by atoms with E-state index in [9.17, 15) is 18.0 Å². The zero-order valence-electron chi connectivity index (χ0n) is 14.9. The number of ketones is 1. The number of carbonyl (C=O) groups excluding carboxylic acids is 2. The van der Waals surface area contributed by atoms with Crippen LogP contribution in [0.15, 0.2) is 6.07 Å². The average molecular weight is 371 g/mol. The van der Waals surface area contributed by atoms with E-state index in [2.05, 4.69) is 0 Å². The molecule has 25 heavy (non-hydrogen) atoms. The SMILES string of the molecule is COCCn1c(C)cc(C(=O)COC(=O)CC2CCS(=O)(=O)C2)c1C. The van der Waals surface area contributed by atoms with E-state index in [1.54, 1.807) is 13.2 Å². The number of aryl methyl sites for hydroxylation is 1. The van der Waals surface area contributed by atoms with E-state index in [4.69, 9.17) is 9.47 Å². The highest BCUT2D eigenvalue weighted by Crippen LogP contribution is 2.22. The second-order valence-corrected chi connectivity index (χ2v) is 8.72. The van der Waals surface area contributed by atoms with Gasteiger partial charge in [0.25, 0.3) is 0 Å². The maximum atomic E-state index is 12.3. The highest BCUT2D eigenvalue weighted by Gasteiger charge is 2.30. The lowest BCUT2D eigenvalue weighted by Gasteiger charge is -2.09. The van der Waals surface area contributed by atoms with Crippen molar-refractivity contribution in [2.45, 2.75) is 33.2 Å². The minimum atomic E-state index is -3.02. The van der Waals surface area contributed by atoms with Gasteiger partial charge >= 0.3 is 5.97 Å². The van der Waals surface area contributed by atoms with Gasteiger partial charge in [-0.2, -0.15) is 0 Å². The first-order valence-corrected chi connectivity index (χ1v) is 10.1. The van der Waals surface area contributed by atoms with Crippen LogP contribution in [0.25, 0.3) is 0 Å². The summed E-state index contributed by atoms with van der Waals surface area (Å²) >= 11 is 0. The molecule has 1 unspecified atom stereocenters. The third-order valence-electron chi connectivity index (χ3n) is 4.54. The van der Waals surface area contributed by atoms with E-state index in [1.165, 1.54) is 0 Å². The molecule has 1 fully saturated rings. The van der Waals surface area contributed by atoms with Crippen LogP contribution < -0.4 is 0 Å². The lowest BCUT2D eigenvalue weighted by Crippen LogP contribution is -2.18. The van der Waals surface area contributed by atoms with Crippen LogP contribution in [0.2, 0.25) is 0 Å². The number of aromatic nitrogens is 1. The predicted octanol–water partition coefficient (Wildman–Crippen LogP) is 1.30. The first-order chi connectivity index (χ1) is 11.7. The highest BCUT2D eigenvalue weighted by molar-refractivity contribution is 7.91. The van der Waals surface area contributed by atoms with Crippen molar-refractivity contribution in [1.82, 2.24) is 4.57 Å². The summed E-state index contributed by atoms with van der Waals surface area (Å²) in [6.07, 6.45) is 0.519. The van der Waals surface area contributed by atoms with Crippen molar-refractivity contribution in [3.8, 4) is 0 Å². The fourth-order valence-corrected chi connectivity index (χ4v) is 5.02. The Hall–Kier alpha value is -1.67. The molecule has 0 aromatic carbocycles. The Morgan fingerprint density at radius 2 is 2.04 bits per heavy atom. The van der Waals surface area contributed by atoms with E-state index < -0.39 is 15.8 Å². The Labute approximate surface area is 148 Å². The number of esters is 1. The molecule has 0 radical (unpaired) electrons. The lowest BCUT2D eigenvalue weighted by molar-refractivity contribution is -0.143. The van der Waals surface area contributed by atoms with Gasteiger partial charge < -0.3 is 14.0 Å². The Bertz CT molecular complexity index is 749. The van der Waals surface area contributed by atoms with Crippen LogP contribution in [-0.2, 0) is 30.7 Å². The van der Waals surface area contributed by atoms with Crippen LogP contribution in [0.1, 0.15) is 34.6 Å². The predicted molar refractivity (Wildman–Crippen MR) is 92.4 cm³/mol. The summed E-state index contributed by atoms with van der Waals surface area (Å²) in [5.41, 5.74) is 2.29. The van der Waals surface area contributed by atoms with Gasteiger partial charge in [-0.1, -0.05) is 0 Å². The van der Waals surface area contributed by atoms with Crippen molar-refractivity contribution >= 4 is 21.6 Å². The van der Waals surface area contributed by atoms with Crippen molar-refractivity contribution < 1.29 is 27.5 Å². The fourth-order valence-electron chi connectivity index (χ4n) is 3.16. The van der Waals surface area contributed by atoms with E-state index in [0.717, 1.165) is 11.4 Å². The van der Waals surface area contributed by atoms with Gasteiger partial charge in [-0.05, 0) is 32.3 Å². The van der Waals surface area contributed by atoms with Gasteiger partial charge in [0.15, 0.2) is 16.4 Å². The van der Waals surface area contributed by atoms with Crippen molar-refractivity contribution in [3.63, 3.8) is 0 Å². The van der Waals surface area contributed by atoms with Crippen LogP contribution in [0.3, 0.4) is 0 Å². The zero-order chi connectivity index (χ0) is 18.6. The number of hydrogen-bond acceptors (Lipinski definition) is 6. The van der Waals surface area contributed by atoms with Crippen LogP contribution in [0.5, 0.6) is 0 Å². The molecule has 0 spiro atoms. The van der Waals surface area contributed by atoms with Crippen molar-refractivity contribution in [2.75, 3.05) is 31.8 Å². The maximum Gasteiger partial charge on any atom is 0.306 e. The first kappa shape index (κ1) is 19.7. The van der Waals surface area contributed by atoms with Gasteiger partial charge in [0.05, 0.1) is 18.1 Å². The van der Waals surface area contributed by atoms with Gasteiger partial charge in [-0.25, -0.2) is 8.42 Å². The summed E-state index contributed by atoms with van der Waals surface area (Å²) in [7, 11) is -1.40. The summed E-state index contributed by atoms with van der Waals surface area (Å²) in [4.78, 5) is 24.2. The quantitative estimate of drug-likeness (QED) is 0.505. The Balaban J connectivity index is 1.89. The van der Waals surface area contributed by atoms with Crippen LogP contribution in [0.4, 0.5) is 0 Å². The monoisotopic (exact) mass is 371 g/mol. The number of Topliss-reactive ketones (excluding diaryl/α,β-unsaturated/α-hetero) is 1. The number of hydrogen-bond donors (Lipinski definition) is 0. The maximum absolute atomic E-state index is 12.3. The van der Waals surface area contributed by atoms with Crippen LogP contribution in [-0.4, -0.2) is 56.6 Å². The van der Waals surface area contributed by atoms with Crippen molar-refractivity contribution in [2.24, 2.45) is 5.92 Å². The summed E-state index contributed by atoms with van der Waals surface area (Å²) in [5, 5.41) is 0. The number of nitrogens with zero attached hydrogens (tertiary/aromatic N) is 1. The summed E-state index contributed by atoms with van der Waals surface area (Å²) in [6.45, 7) is 4.63. The van der Waals surface area contributed by atoms with Gasteiger partial charge in [0.1, 0.15) is 0 Å². The Kier molecular flexibility index (Phi) is 6.40. The average Bonchev–Trinajstić information content (AvgIpc) is 3.02. The lowest BCUT2D eigenvalue weighted by atomic mass is 10.1. The molecule has 1 saturated heterocycles. The Morgan fingerprint density at radius 1 is 1.32 bits per heavy atom. The minimum Gasteiger partial charge on any atom is -0.457 e. The second kappa shape index (κ2) is 8.14. The molecule has 2 heterocycles. The summed E-state index contributed by atoms with van der Waals surface area (Å²) in [5.74, 6) is -0.840. The molecular formula is C17H25NO6S. The molecule has 1 atom stereocenters. The normalized spacial score (nSPS) is 19.1. The number of ether oxygens (including phenoxy) is 2. The van der Waals surface area contributed by atoms with Gasteiger partial charge in [0.2, 0.25) is 5.78 Å². The highest BCUT2D eigenvalue weighted by atomic mass is 32.2. The molecule has 2 rings (SSSR count). The zero-order valence-corrected chi connectivity index (χ0v) is 15.7. The molecule has 7 nitrogen and oxygen atoms in total. The van der Waals surface area contributed by atoms with Gasteiger partial charge in [-0.3, -0.25) is 9.59 Å². The summed E-state index contributed by atoms with van der Waals surface area (Å²) in [6, 6.07) is 1.78. The molecule has 0 amide bonds. The molecule has 1 aromatic heterocycles. The third kappa shape index (κ3) is 5.15. The molecule has 8 heteroatoms. The topological polar surface area (TPSA) is 91.7 Å². The van der Waals surface area contributed by atoms with Crippen molar-refractivity contribution in [3.05, 3.63) is 23.0 Å².